The Kier molecular flexibility index (Phi) is 5.50. The van der Waals surface area contributed by atoms with Crippen LogP contribution in [0.5, 0.6) is 0 Å². The Labute approximate surface area is 125 Å². The van der Waals surface area contributed by atoms with Crippen molar-refractivity contribution in [3.63, 3.8) is 0 Å². The number of aryl methyl sites for hydroxylation is 2. The number of carbonyl (C=O) groups is 1. The molecule has 0 aliphatic carbocycles. The van der Waals surface area contributed by atoms with Crippen LogP contribution in [0.15, 0.2) is 0 Å². The van der Waals surface area contributed by atoms with E-state index in [1.54, 1.807) is 4.68 Å². The van der Waals surface area contributed by atoms with E-state index in [1.165, 1.54) is 0 Å². The van der Waals surface area contributed by atoms with Gasteiger partial charge in [-0.2, -0.15) is 5.10 Å². The van der Waals surface area contributed by atoms with E-state index < -0.39 is 0 Å². The van der Waals surface area contributed by atoms with Gasteiger partial charge in [0.05, 0.1) is 17.8 Å². The summed E-state index contributed by atoms with van der Waals surface area (Å²) < 4.78 is 1.69. The van der Waals surface area contributed by atoms with E-state index in [4.69, 9.17) is 18.0 Å². The third-order valence-electron chi connectivity index (χ3n) is 2.89. The molecule has 20 heavy (non-hydrogen) atoms. The lowest BCUT2D eigenvalue weighted by Crippen LogP contribution is -2.38. The molecular weight excluding hydrogens is 274 g/mol. The second kappa shape index (κ2) is 6.69. The largest absolute Gasteiger partial charge is 0.389 e. The van der Waals surface area contributed by atoms with Crippen LogP contribution < -0.4 is 16.0 Å². The Balaban J connectivity index is 2.85. The number of carbonyl (C=O) groups excluding carboxylic acids is 1. The molecule has 0 atom stereocenters. The minimum absolute atomic E-state index is 0.0334. The number of nitrogens with one attached hydrogen (secondary N) is 1. The number of amides is 1. The van der Waals surface area contributed by atoms with Crippen LogP contribution in [-0.2, 0) is 11.8 Å². The summed E-state index contributed by atoms with van der Waals surface area (Å²) in [4.78, 5) is 14.0. The molecule has 7 heteroatoms. The summed E-state index contributed by atoms with van der Waals surface area (Å²) >= 11 is 5.07. The van der Waals surface area contributed by atoms with Gasteiger partial charge in [0.15, 0.2) is 0 Å². The highest BCUT2D eigenvalue weighted by Gasteiger charge is 2.20. The van der Waals surface area contributed by atoms with E-state index >= 15 is 0 Å². The Morgan fingerprint density at radius 1 is 1.55 bits per heavy atom. The lowest BCUT2D eigenvalue weighted by Gasteiger charge is -2.20. The monoisotopic (exact) mass is 297 g/mol. The second-order valence-corrected chi connectivity index (χ2v) is 5.77. The van der Waals surface area contributed by atoms with Crippen LogP contribution in [0.3, 0.4) is 0 Å². The smallest absolute Gasteiger partial charge is 0.239 e. The molecule has 0 radical (unpaired) electrons. The van der Waals surface area contributed by atoms with Gasteiger partial charge in [-0.15, -0.1) is 0 Å². The van der Waals surface area contributed by atoms with Crippen LogP contribution in [0.2, 0.25) is 0 Å². The molecule has 0 aliphatic heterocycles. The zero-order chi connectivity index (χ0) is 15.4. The fourth-order valence-corrected chi connectivity index (χ4v) is 2.28. The zero-order valence-electron chi connectivity index (χ0n) is 12.7. The van der Waals surface area contributed by atoms with Gasteiger partial charge in [-0.1, -0.05) is 26.1 Å². The van der Waals surface area contributed by atoms with E-state index in [9.17, 15) is 4.79 Å². The highest BCUT2D eigenvalue weighted by atomic mass is 32.1. The van der Waals surface area contributed by atoms with Gasteiger partial charge in [0.1, 0.15) is 10.8 Å². The molecule has 0 saturated carbocycles. The van der Waals surface area contributed by atoms with Crippen molar-refractivity contribution in [2.24, 2.45) is 18.7 Å². The predicted octanol–water partition coefficient (Wildman–Crippen LogP) is 0.571. The van der Waals surface area contributed by atoms with Gasteiger partial charge in [-0.25, -0.2) is 0 Å². The number of aromatic nitrogens is 2. The minimum Gasteiger partial charge on any atom is -0.389 e. The quantitative estimate of drug-likeness (QED) is 0.751. The molecule has 112 valence electrons. The first-order chi connectivity index (χ1) is 9.23. The zero-order valence-corrected chi connectivity index (χ0v) is 13.5. The molecule has 1 heterocycles. The van der Waals surface area contributed by atoms with E-state index in [0.717, 1.165) is 17.1 Å². The maximum absolute atomic E-state index is 11.9. The summed E-state index contributed by atoms with van der Waals surface area (Å²) in [6.45, 7) is 6.87. The van der Waals surface area contributed by atoms with Crippen LogP contribution in [0, 0.1) is 12.8 Å². The number of nitrogens with zero attached hydrogens (tertiary/aromatic N) is 3. The van der Waals surface area contributed by atoms with Crippen LogP contribution in [0.25, 0.3) is 0 Å². The summed E-state index contributed by atoms with van der Waals surface area (Å²) in [7, 11) is 3.64. The van der Waals surface area contributed by atoms with Gasteiger partial charge in [-0.3, -0.25) is 9.48 Å². The summed E-state index contributed by atoms with van der Waals surface area (Å²) in [5.41, 5.74) is 7.24. The standard InChI is InChI=1S/C13H23N5OS/c1-8(2)6-15-10(19)7-17(4)13-11(12(14)20)9(3)16-18(13)5/h8H,6-7H2,1-5H3,(H2,14,20)(H,15,19). The van der Waals surface area contributed by atoms with Gasteiger partial charge < -0.3 is 16.0 Å². The first kappa shape index (κ1) is 16.4. The first-order valence-corrected chi connectivity index (χ1v) is 6.96. The lowest BCUT2D eigenvalue weighted by atomic mass is 10.2. The van der Waals surface area contributed by atoms with E-state index in [-0.39, 0.29) is 12.5 Å². The number of nitrogens with two attached hydrogens (primary N) is 1. The maximum Gasteiger partial charge on any atom is 0.239 e. The molecule has 0 saturated heterocycles. The lowest BCUT2D eigenvalue weighted by molar-refractivity contribution is -0.119. The van der Waals surface area contributed by atoms with Crippen molar-refractivity contribution in [2.45, 2.75) is 20.8 Å². The highest BCUT2D eigenvalue weighted by Crippen LogP contribution is 2.21. The van der Waals surface area contributed by atoms with Gasteiger partial charge in [0.25, 0.3) is 0 Å². The van der Waals surface area contributed by atoms with Crippen molar-refractivity contribution < 1.29 is 4.79 Å². The molecule has 0 bridgehead atoms. The number of hydrogen-bond acceptors (Lipinski definition) is 4. The molecule has 1 aromatic heterocycles. The molecule has 0 spiro atoms. The van der Waals surface area contributed by atoms with Crippen LogP contribution in [0.1, 0.15) is 25.1 Å². The van der Waals surface area contributed by atoms with Crippen molar-refractivity contribution in [3.05, 3.63) is 11.3 Å². The molecule has 1 amide bonds. The van der Waals surface area contributed by atoms with E-state index in [2.05, 4.69) is 24.3 Å². The van der Waals surface area contributed by atoms with Gasteiger partial charge in [0, 0.05) is 20.6 Å². The molecule has 3 N–H and O–H groups in total. The van der Waals surface area contributed by atoms with Crippen molar-refractivity contribution in [2.75, 3.05) is 25.0 Å². The molecule has 0 aromatic carbocycles. The fourth-order valence-electron chi connectivity index (χ4n) is 2.04. The van der Waals surface area contributed by atoms with E-state index in [0.29, 0.717) is 17.5 Å². The normalized spacial score (nSPS) is 10.7. The number of hydrogen-bond donors (Lipinski definition) is 2. The number of thiocarbonyl (C=S) groups is 1. The molecule has 1 aromatic rings. The van der Waals surface area contributed by atoms with Crippen molar-refractivity contribution >= 4 is 28.9 Å². The van der Waals surface area contributed by atoms with Gasteiger partial charge in [-0.05, 0) is 12.8 Å². The molecule has 0 fully saturated rings. The van der Waals surface area contributed by atoms with Crippen LogP contribution in [-0.4, -0.2) is 40.8 Å². The average Bonchev–Trinajstić information content (AvgIpc) is 2.61. The fraction of sp³-hybridized carbons (Fsp3) is 0.615. The Bertz CT molecular complexity index is 509. The Morgan fingerprint density at radius 2 is 2.15 bits per heavy atom. The third-order valence-corrected chi connectivity index (χ3v) is 3.09. The number of rotatable bonds is 6. The maximum atomic E-state index is 11.9. The summed E-state index contributed by atoms with van der Waals surface area (Å²) in [6, 6.07) is 0. The number of anilines is 1. The highest BCUT2D eigenvalue weighted by molar-refractivity contribution is 7.80. The molecule has 0 unspecified atom stereocenters. The van der Waals surface area contributed by atoms with Crippen molar-refractivity contribution in [3.8, 4) is 0 Å². The van der Waals surface area contributed by atoms with Crippen LogP contribution >= 0.6 is 12.2 Å². The summed E-state index contributed by atoms with van der Waals surface area (Å²) in [5, 5.41) is 7.19. The molecule has 0 aliphatic rings. The average molecular weight is 297 g/mol. The van der Waals surface area contributed by atoms with Crippen molar-refractivity contribution in [1.82, 2.24) is 15.1 Å². The second-order valence-electron chi connectivity index (χ2n) is 5.33. The third kappa shape index (κ3) is 3.93. The Morgan fingerprint density at radius 3 is 2.65 bits per heavy atom. The Hall–Kier alpha value is -1.63. The topological polar surface area (TPSA) is 76.2 Å². The first-order valence-electron chi connectivity index (χ1n) is 6.55. The number of likely N-dealkylation sites (N-methyl/N-ethyl adjacent to an activating group) is 1. The molecular formula is C13H23N5OS. The summed E-state index contributed by atoms with van der Waals surface area (Å²) in [5.74, 6) is 1.15. The van der Waals surface area contributed by atoms with Gasteiger partial charge in [0.2, 0.25) is 5.91 Å². The summed E-state index contributed by atoms with van der Waals surface area (Å²) in [6.07, 6.45) is 0. The van der Waals surface area contributed by atoms with Crippen molar-refractivity contribution in [1.29, 1.82) is 0 Å². The van der Waals surface area contributed by atoms with Crippen LogP contribution in [0.4, 0.5) is 5.82 Å². The van der Waals surface area contributed by atoms with Gasteiger partial charge >= 0.3 is 0 Å². The van der Waals surface area contributed by atoms with E-state index in [1.807, 2.05) is 25.9 Å². The molecule has 6 nitrogen and oxygen atoms in total. The minimum atomic E-state index is -0.0334. The molecule has 1 rings (SSSR count). The SMILES string of the molecule is Cc1nn(C)c(N(C)CC(=O)NCC(C)C)c1C(N)=S. The predicted molar refractivity (Wildman–Crippen MR) is 85.0 cm³/mol.